The molecule has 0 radical (unpaired) electrons. The summed E-state index contributed by atoms with van der Waals surface area (Å²) in [4.78, 5) is 2.20. The van der Waals surface area contributed by atoms with Gasteiger partial charge in [0.2, 0.25) is 0 Å². The van der Waals surface area contributed by atoms with E-state index in [0.717, 1.165) is 42.6 Å². The maximum absolute atomic E-state index is 13.8. The number of nitrogens with zero attached hydrogens (tertiary/aromatic N) is 5. The Hall–Kier alpha value is -3.36. The molecule has 2 aromatic carbocycles. The summed E-state index contributed by atoms with van der Waals surface area (Å²) < 4.78 is 129. The Kier molecular flexibility index (Phi) is 8.55. The van der Waals surface area contributed by atoms with Crippen molar-refractivity contribution in [3.63, 3.8) is 0 Å². The number of aryl methyl sites for hydroxylation is 1. The molecule has 0 N–H and O–H groups in total. The molecule has 0 amide bonds. The van der Waals surface area contributed by atoms with Crippen LogP contribution in [0.5, 0.6) is 0 Å². The lowest BCUT2D eigenvalue weighted by molar-refractivity contribution is -0.143. The third-order valence-corrected chi connectivity index (χ3v) is 7.69. The maximum atomic E-state index is 13.8. The molecule has 1 atom stereocenters. The van der Waals surface area contributed by atoms with Gasteiger partial charge in [0.05, 0.1) is 29.3 Å². The first kappa shape index (κ1) is 31.6. The Morgan fingerprint density at radius 2 is 1.40 bits per heavy atom. The molecule has 1 aliphatic rings. The molecule has 3 aromatic rings. The van der Waals surface area contributed by atoms with Gasteiger partial charge in [0.25, 0.3) is 5.95 Å². The molecule has 4 rings (SSSR count). The lowest BCUT2D eigenvalue weighted by Crippen LogP contribution is -2.35. The highest BCUT2D eigenvalue weighted by Crippen LogP contribution is 2.45. The Balaban J connectivity index is 1.85. The smallest absolute Gasteiger partial charge is 0.374 e. The van der Waals surface area contributed by atoms with Gasteiger partial charge in [-0.1, -0.05) is 24.0 Å². The number of methoxy groups -OCH3 is 1. The van der Waals surface area contributed by atoms with Crippen LogP contribution >= 0.6 is 0 Å². The highest BCUT2D eigenvalue weighted by molar-refractivity contribution is 5.43. The van der Waals surface area contributed by atoms with Crippen molar-refractivity contribution in [2.24, 2.45) is 13.0 Å². The van der Waals surface area contributed by atoms with E-state index in [2.05, 4.69) is 15.4 Å². The number of benzene rings is 2. The monoisotopic (exact) mass is 609 g/mol. The van der Waals surface area contributed by atoms with Crippen LogP contribution < -0.4 is 4.90 Å². The predicted molar refractivity (Wildman–Crippen MR) is 133 cm³/mol. The standard InChI is InChI=1S/C27H28F9N5O/c1-24(42-3,18-6-4-5-7-18)22-9-8-19(25(28,29)30)12-17(22)15-41(23-37-39-40(2)38-23)14-16-10-20(26(31,32)33)13-21(11-16)27(34,35)36/h8-13,18H,4-7,14-15H2,1-3H3/t24-/m1/s1. The second-order valence-electron chi connectivity index (χ2n) is 10.5. The summed E-state index contributed by atoms with van der Waals surface area (Å²) in [7, 11) is 2.83. The lowest BCUT2D eigenvalue weighted by Gasteiger charge is -2.37. The third kappa shape index (κ3) is 6.81. The molecular weight excluding hydrogens is 581 g/mol. The van der Waals surface area contributed by atoms with Crippen LogP contribution in [0.1, 0.15) is 66.0 Å². The first-order valence-corrected chi connectivity index (χ1v) is 12.9. The van der Waals surface area contributed by atoms with E-state index in [1.54, 1.807) is 6.92 Å². The Morgan fingerprint density at radius 1 is 0.833 bits per heavy atom. The first-order valence-electron chi connectivity index (χ1n) is 12.9. The van der Waals surface area contributed by atoms with E-state index in [1.807, 2.05) is 0 Å². The van der Waals surface area contributed by atoms with Gasteiger partial charge in [-0.05, 0) is 77.9 Å². The second kappa shape index (κ2) is 11.4. The van der Waals surface area contributed by atoms with Crippen LogP contribution in [0.25, 0.3) is 0 Å². The van der Waals surface area contributed by atoms with Gasteiger partial charge in [0.1, 0.15) is 0 Å². The number of anilines is 1. The summed E-state index contributed by atoms with van der Waals surface area (Å²) in [5.74, 6) is -0.231. The Morgan fingerprint density at radius 3 is 1.88 bits per heavy atom. The van der Waals surface area contributed by atoms with Gasteiger partial charge in [-0.3, -0.25) is 0 Å². The fourth-order valence-corrected chi connectivity index (χ4v) is 5.49. The minimum absolute atomic E-state index is 0.00491. The molecule has 1 aliphatic carbocycles. The van der Waals surface area contributed by atoms with Crippen molar-refractivity contribution in [2.45, 2.75) is 69.8 Å². The summed E-state index contributed by atoms with van der Waals surface area (Å²) in [6.45, 7) is 0.776. The number of halogens is 9. The van der Waals surface area contributed by atoms with E-state index < -0.39 is 59.5 Å². The van der Waals surface area contributed by atoms with Crippen LogP contribution in [0.15, 0.2) is 36.4 Å². The number of alkyl halides is 9. The van der Waals surface area contributed by atoms with Crippen molar-refractivity contribution in [1.82, 2.24) is 20.2 Å². The molecule has 6 nitrogen and oxygen atoms in total. The Labute approximate surface area is 235 Å². The second-order valence-corrected chi connectivity index (χ2v) is 10.5. The normalized spacial score (nSPS) is 16.6. The van der Waals surface area contributed by atoms with E-state index in [4.69, 9.17) is 4.74 Å². The fraction of sp³-hybridized carbons (Fsp3) is 0.519. The van der Waals surface area contributed by atoms with Crippen LogP contribution in [-0.2, 0) is 49.0 Å². The van der Waals surface area contributed by atoms with Gasteiger partial charge >= 0.3 is 18.5 Å². The molecule has 42 heavy (non-hydrogen) atoms. The lowest BCUT2D eigenvalue weighted by atomic mass is 9.78. The molecule has 0 aliphatic heterocycles. The SMILES string of the molecule is CO[C@@](C)(c1ccc(C(F)(F)F)cc1CN(Cc1cc(C(F)(F)F)cc(C(F)(F)F)c1)c1nnn(C)n1)C1CCCC1. The van der Waals surface area contributed by atoms with Crippen LogP contribution in [-0.4, -0.2) is 27.3 Å². The summed E-state index contributed by atoms with van der Waals surface area (Å²) >= 11 is 0. The number of ether oxygens (including phenoxy) is 1. The van der Waals surface area contributed by atoms with E-state index >= 15 is 0 Å². The average Bonchev–Trinajstić information content (AvgIpc) is 3.59. The van der Waals surface area contributed by atoms with Crippen LogP contribution in [0.4, 0.5) is 45.5 Å². The zero-order valence-electron chi connectivity index (χ0n) is 22.8. The van der Waals surface area contributed by atoms with E-state index in [-0.39, 0.29) is 23.5 Å². The summed E-state index contributed by atoms with van der Waals surface area (Å²) in [5, 5.41) is 11.6. The van der Waals surface area contributed by atoms with Gasteiger partial charge < -0.3 is 9.64 Å². The number of hydrogen-bond donors (Lipinski definition) is 0. The van der Waals surface area contributed by atoms with Crippen molar-refractivity contribution in [3.8, 4) is 0 Å². The van der Waals surface area contributed by atoms with E-state index in [1.165, 1.54) is 25.1 Å². The number of tetrazole rings is 1. The summed E-state index contributed by atoms with van der Waals surface area (Å²) in [5.41, 5.74) is -4.91. The van der Waals surface area contributed by atoms with Crippen LogP contribution in [0.3, 0.4) is 0 Å². The number of rotatable bonds is 8. The topological polar surface area (TPSA) is 56.1 Å². The Bertz CT molecular complexity index is 1360. The van der Waals surface area contributed by atoms with Crippen molar-refractivity contribution >= 4 is 5.95 Å². The molecule has 1 aromatic heterocycles. The molecule has 0 bridgehead atoms. The maximum Gasteiger partial charge on any atom is 0.416 e. The summed E-state index contributed by atoms with van der Waals surface area (Å²) in [6, 6.07) is 4.28. The van der Waals surface area contributed by atoms with Crippen molar-refractivity contribution in [1.29, 1.82) is 0 Å². The molecular formula is C27H28F9N5O. The highest BCUT2D eigenvalue weighted by Gasteiger charge is 2.41. The van der Waals surface area contributed by atoms with Crippen LogP contribution in [0.2, 0.25) is 0 Å². The van der Waals surface area contributed by atoms with Gasteiger partial charge in [-0.15, -0.1) is 5.10 Å². The minimum atomic E-state index is -5.08. The zero-order chi connectivity index (χ0) is 31.1. The van der Waals surface area contributed by atoms with Crippen LogP contribution in [0, 0.1) is 5.92 Å². The number of hydrogen-bond acceptors (Lipinski definition) is 5. The highest BCUT2D eigenvalue weighted by atomic mass is 19.4. The van der Waals surface area contributed by atoms with Gasteiger partial charge in [0, 0.05) is 20.2 Å². The third-order valence-electron chi connectivity index (χ3n) is 7.69. The summed E-state index contributed by atoms with van der Waals surface area (Å²) in [6.07, 6.45) is -11.5. The fourth-order valence-electron chi connectivity index (χ4n) is 5.49. The average molecular weight is 610 g/mol. The van der Waals surface area contributed by atoms with Gasteiger partial charge in [0.15, 0.2) is 0 Å². The van der Waals surface area contributed by atoms with Crippen molar-refractivity contribution in [3.05, 3.63) is 69.8 Å². The largest absolute Gasteiger partial charge is 0.416 e. The minimum Gasteiger partial charge on any atom is -0.374 e. The zero-order valence-corrected chi connectivity index (χ0v) is 22.8. The first-order chi connectivity index (χ1) is 19.4. The molecule has 1 saturated carbocycles. The molecule has 0 saturated heterocycles. The number of aromatic nitrogens is 4. The van der Waals surface area contributed by atoms with Crippen molar-refractivity contribution < 1.29 is 44.3 Å². The molecule has 15 heteroatoms. The molecule has 0 unspecified atom stereocenters. The van der Waals surface area contributed by atoms with Gasteiger partial charge in [-0.25, -0.2) is 0 Å². The van der Waals surface area contributed by atoms with E-state index in [0.29, 0.717) is 17.7 Å². The predicted octanol–water partition coefficient (Wildman–Crippen LogP) is 7.53. The molecule has 1 fully saturated rings. The van der Waals surface area contributed by atoms with Gasteiger partial charge in [-0.2, -0.15) is 44.3 Å². The van der Waals surface area contributed by atoms with Crippen molar-refractivity contribution in [2.75, 3.05) is 12.0 Å². The molecule has 230 valence electrons. The molecule has 0 spiro atoms. The van der Waals surface area contributed by atoms with E-state index in [9.17, 15) is 39.5 Å². The molecule has 1 heterocycles. The quantitative estimate of drug-likeness (QED) is 0.247.